The molecule has 0 N–H and O–H groups in total. The normalized spacial score (nSPS) is 19.9. The Kier molecular flexibility index (Phi) is 3.55. The summed E-state index contributed by atoms with van der Waals surface area (Å²) in [7, 11) is -0.362. The molecule has 2 aromatic carbocycles. The van der Waals surface area contributed by atoms with Crippen molar-refractivity contribution in [2.24, 2.45) is 0 Å². The average Bonchev–Trinajstić information content (AvgIpc) is 3.12. The van der Waals surface area contributed by atoms with Gasteiger partial charge in [0.15, 0.2) is 15.3 Å². The van der Waals surface area contributed by atoms with Crippen molar-refractivity contribution in [1.29, 1.82) is 0 Å². The monoisotopic (exact) mass is 384 g/mol. The van der Waals surface area contributed by atoms with Crippen molar-refractivity contribution in [2.45, 2.75) is 6.42 Å². The van der Waals surface area contributed by atoms with Crippen molar-refractivity contribution >= 4 is 62.0 Å². The van der Waals surface area contributed by atoms with Crippen LogP contribution in [0.2, 0.25) is 0 Å². The summed E-state index contributed by atoms with van der Waals surface area (Å²) in [6.45, 7) is 1.92. The standard InChI is InChI=1S/C18H16N4S3/c23-16-19-12-7-13-20-17(24)22(15-10-5-2-6-11-15)25(18(19)20)21(16)14-8-3-1-4-9-14/h1-6,8-11H,7,12-13H2. The Bertz CT molecular complexity index is 826. The first-order valence-corrected chi connectivity index (χ1v) is 10.2. The summed E-state index contributed by atoms with van der Waals surface area (Å²) in [5.41, 5.74) is 2.23. The Morgan fingerprint density at radius 3 is 1.56 bits per heavy atom. The van der Waals surface area contributed by atoms with Crippen LogP contribution in [0.25, 0.3) is 0 Å². The zero-order valence-electron chi connectivity index (χ0n) is 13.4. The fraction of sp³-hybridized carbons (Fsp3) is 0.167. The average molecular weight is 385 g/mol. The van der Waals surface area contributed by atoms with Crippen molar-refractivity contribution in [3.8, 4) is 0 Å². The summed E-state index contributed by atoms with van der Waals surface area (Å²) >= 11 is 11.7. The summed E-state index contributed by atoms with van der Waals surface area (Å²) in [6.07, 6.45) is 1.06. The first-order valence-electron chi connectivity index (χ1n) is 8.22. The highest BCUT2D eigenvalue weighted by atomic mass is 32.2. The summed E-state index contributed by atoms with van der Waals surface area (Å²) in [4.78, 5) is 4.54. The van der Waals surface area contributed by atoms with Gasteiger partial charge in [0.1, 0.15) is 0 Å². The second kappa shape index (κ2) is 5.79. The second-order valence-electron chi connectivity index (χ2n) is 6.03. The van der Waals surface area contributed by atoms with Crippen molar-refractivity contribution in [1.82, 2.24) is 9.80 Å². The van der Waals surface area contributed by atoms with Crippen LogP contribution in [0.3, 0.4) is 0 Å². The molecule has 0 saturated carbocycles. The van der Waals surface area contributed by atoms with Crippen molar-refractivity contribution in [3.63, 3.8) is 0 Å². The fourth-order valence-electron chi connectivity index (χ4n) is 3.44. The topological polar surface area (TPSA) is 13.0 Å². The molecule has 5 rings (SSSR count). The molecule has 2 aromatic rings. The lowest BCUT2D eigenvalue weighted by Crippen LogP contribution is -2.53. The van der Waals surface area contributed by atoms with E-state index < -0.39 is 0 Å². The molecule has 0 atom stereocenters. The third kappa shape index (κ3) is 2.16. The Labute approximate surface area is 160 Å². The SMILES string of the molecule is S=C1N2CCCN3C(=S)N(c4ccccc4)S(=C23)N1c1ccccc1. The fourth-order valence-corrected chi connectivity index (χ4v) is 6.92. The largest absolute Gasteiger partial charge is 0.296 e. The van der Waals surface area contributed by atoms with Gasteiger partial charge in [-0.15, -0.1) is 0 Å². The number of para-hydroxylation sites is 2. The summed E-state index contributed by atoms with van der Waals surface area (Å²) in [6, 6.07) is 20.8. The van der Waals surface area contributed by atoms with Gasteiger partial charge >= 0.3 is 0 Å². The summed E-state index contributed by atoms with van der Waals surface area (Å²) in [5.74, 6) is 0. The lowest BCUT2D eigenvalue weighted by Gasteiger charge is -2.37. The predicted molar refractivity (Wildman–Crippen MR) is 114 cm³/mol. The molecular formula is C18H16N4S3. The number of hydrogen-bond acceptors (Lipinski definition) is 2. The van der Waals surface area contributed by atoms with Crippen LogP contribution in [0, 0.1) is 0 Å². The highest BCUT2D eigenvalue weighted by Crippen LogP contribution is 2.48. The highest BCUT2D eigenvalue weighted by molar-refractivity contribution is 8.21. The molecule has 0 amide bonds. The van der Waals surface area contributed by atoms with Gasteiger partial charge in [-0.05, 0) is 55.1 Å². The lowest BCUT2D eigenvalue weighted by molar-refractivity contribution is 0.424. The third-order valence-electron chi connectivity index (χ3n) is 4.53. The smallest absolute Gasteiger partial charge is 0.193 e. The molecule has 3 aliphatic rings. The van der Waals surface area contributed by atoms with E-state index in [1.807, 2.05) is 12.1 Å². The third-order valence-corrected chi connectivity index (χ3v) is 7.79. The number of thiocarbonyl (C=S) groups is 2. The van der Waals surface area contributed by atoms with E-state index in [2.05, 4.69) is 66.9 Å². The van der Waals surface area contributed by atoms with E-state index in [0.29, 0.717) is 0 Å². The predicted octanol–water partition coefficient (Wildman–Crippen LogP) is 3.79. The molecule has 7 heteroatoms. The minimum Gasteiger partial charge on any atom is -0.296 e. The lowest BCUT2D eigenvalue weighted by atomic mass is 10.3. The number of anilines is 2. The summed E-state index contributed by atoms with van der Waals surface area (Å²) in [5, 5.41) is 2.98. The number of rotatable bonds is 2. The number of hydrogen-bond donors (Lipinski definition) is 0. The van der Waals surface area contributed by atoms with Gasteiger partial charge in [0.2, 0.25) is 0 Å². The second-order valence-corrected chi connectivity index (χ2v) is 8.38. The van der Waals surface area contributed by atoms with Crippen LogP contribution < -0.4 is 8.61 Å². The van der Waals surface area contributed by atoms with Gasteiger partial charge in [-0.25, -0.2) is 8.61 Å². The van der Waals surface area contributed by atoms with E-state index >= 15 is 0 Å². The molecule has 0 aliphatic carbocycles. The molecule has 0 bridgehead atoms. The zero-order valence-corrected chi connectivity index (χ0v) is 15.9. The molecule has 3 aliphatic heterocycles. The van der Waals surface area contributed by atoms with E-state index in [1.54, 1.807) is 0 Å². The summed E-state index contributed by atoms with van der Waals surface area (Å²) < 4.78 is 4.52. The zero-order chi connectivity index (χ0) is 17.0. The highest BCUT2D eigenvalue weighted by Gasteiger charge is 2.49. The van der Waals surface area contributed by atoms with Crippen LogP contribution in [0.15, 0.2) is 60.7 Å². The molecule has 126 valence electrons. The Hall–Kier alpha value is -1.96. The molecule has 25 heavy (non-hydrogen) atoms. The Morgan fingerprint density at radius 1 is 0.680 bits per heavy atom. The van der Waals surface area contributed by atoms with Gasteiger partial charge in [0, 0.05) is 13.1 Å². The van der Waals surface area contributed by atoms with Crippen molar-refractivity contribution < 1.29 is 0 Å². The molecule has 0 spiro atoms. The number of nitrogens with zero attached hydrogens (tertiary/aromatic N) is 4. The maximum Gasteiger partial charge on any atom is 0.193 e. The van der Waals surface area contributed by atoms with Gasteiger partial charge in [-0.3, -0.25) is 9.80 Å². The molecule has 3 heterocycles. The maximum absolute atomic E-state index is 5.87. The van der Waals surface area contributed by atoms with Crippen LogP contribution in [-0.4, -0.2) is 38.2 Å². The quantitative estimate of drug-likeness (QED) is 0.726. The molecule has 1 saturated heterocycles. The molecule has 1 fully saturated rings. The van der Waals surface area contributed by atoms with Gasteiger partial charge in [0.05, 0.1) is 22.2 Å². The van der Waals surface area contributed by atoms with Gasteiger partial charge in [-0.1, -0.05) is 36.4 Å². The molecule has 0 aromatic heterocycles. The van der Waals surface area contributed by atoms with Gasteiger partial charge < -0.3 is 0 Å². The Balaban J connectivity index is 1.71. The van der Waals surface area contributed by atoms with E-state index in [0.717, 1.165) is 41.1 Å². The van der Waals surface area contributed by atoms with Crippen molar-refractivity contribution in [2.75, 3.05) is 21.7 Å². The maximum atomic E-state index is 5.87. The first-order chi connectivity index (χ1) is 12.3. The minimum absolute atomic E-state index is 0.362. The Morgan fingerprint density at radius 2 is 1.12 bits per heavy atom. The van der Waals surface area contributed by atoms with Crippen LogP contribution in [0.1, 0.15) is 6.42 Å². The van der Waals surface area contributed by atoms with E-state index in [9.17, 15) is 0 Å². The van der Waals surface area contributed by atoms with Gasteiger partial charge in [-0.2, -0.15) is 0 Å². The molecule has 0 unspecified atom stereocenters. The van der Waals surface area contributed by atoms with Crippen LogP contribution >= 0.6 is 35.3 Å². The van der Waals surface area contributed by atoms with E-state index in [4.69, 9.17) is 24.4 Å². The van der Waals surface area contributed by atoms with E-state index in [1.165, 1.54) is 5.11 Å². The molecule has 0 radical (unpaired) electrons. The van der Waals surface area contributed by atoms with Crippen molar-refractivity contribution in [3.05, 3.63) is 60.7 Å². The van der Waals surface area contributed by atoms with Crippen LogP contribution in [-0.2, 0) is 0 Å². The number of benzene rings is 2. The first kappa shape index (κ1) is 15.3. The molecular weight excluding hydrogens is 368 g/mol. The van der Waals surface area contributed by atoms with Gasteiger partial charge in [0.25, 0.3) is 0 Å². The van der Waals surface area contributed by atoms with E-state index in [-0.39, 0.29) is 10.9 Å². The van der Waals surface area contributed by atoms with Crippen LogP contribution in [0.4, 0.5) is 11.4 Å². The minimum atomic E-state index is -0.362. The van der Waals surface area contributed by atoms with Crippen LogP contribution in [0.5, 0.6) is 0 Å². The molecule has 4 nitrogen and oxygen atoms in total.